The minimum absolute atomic E-state index is 0.206. The number of carbonyl (C=O) groups excluding carboxylic acids is 1. The molecule has 0 saturated heterocycles. The van der Waals surface area contributed by atoms with Crippen LogP contribution in [0.15, 0.2) is 0 Å². The van der Waals surface area contributed by atoms with E-state index in [0.717, 1.165) is 12.8 Å². The van der Waals surface area contributed by atoms with Crippen molar-refractivity contribution in [3.05, 3.63) is 0 Å². The van der Waals surface area contributed by atoms with E-state index >= 15 is 0 Å². The van der Waals surface area contributed by atoms with Gasteiger partial charge in [0.05, 0.1) is 6.54 Å². The molecule has 0 aromatic carbocycles. The van der Waals surface area contributed by atoms with Crippen LogP contribution in [-0.4, -0.2) is 24.4 Å². The molecule has 0 spiro atoms. The van der Waals surface area contributed by atoms with Crippen LogP contribution in [0.5, 0.6) is 0 Å². The summed E-state index contributed by atoms with van der Waals surface area (Å²) in [6.45, 7) is 0.440. The van der Waals surface area contributed by atoms with Gasteiger partial charge in [-0.25, -0.2) is 0 Å². The van der Waals surface area contributed by atoms with Crippen LogP contribution in [0.4, 0.5) is 0 Å². The van der Waals surface area contributed by atoms with Crippen LogP contribution < -0.4 is 0 Å². The summed E-state index contributed by atoms with van der Waals surface area (Å²) < 4.78 is 0. The SMILES string of the molecule is C#CCN(C)C(=O)C1CC1. The summed E-state index contributed by atoms with van der Waals surface area (Å²) in [4.78, 5) is 12.7. The summed E-state index contributed by atoms with van der Waals surface area (Å²) in [6, 6.07) is 0. The van der Waals surface area contributed by atoms with E-state index in [9.17, 15) is 4.79 Å². The maximum atomic E-state index is 11.1. The first-order valence-corrected chi connectivity index (χ1v) is 3.44. The highest BCUT2D eigenvalue weighted by Gasteiger charge is 2.31. The minimum atomic E-state index is 0.206. The van der Waals surface area contributed by atoms with E-state index < -0.39 is 0 Å². The van der Waals surface area contributed by atoms with Crippen molar-refractivity contribution in [2.45, 2.75) is 12.8 Å². The molecule has 2 heteroatoms. The van der Waals surface area contributed by atoms with Crippen LogP contribution >= 0.6 is 0 Å². The van der Waals surface area contributed by atoms with E-state index in [2.05, 4.69) is 5.92 Å². The molecule has 0 aromatic heterocycles. The predicted molar refractivity (Wildman–Crippen MR) is 39.2 cm³/mol. The van der Waals surface area contributed by atoms with Gasteiger partial charge in [0.25, 0.3) is 0 Å². The zero-order chi connectivity index (χ0) is 7.56. The van der Waals surface area contributed by atoms with Crippen LogP contribution in [-0.2, 0) is 4.79 Å². The van der Waals surface area contributed by atoms with Gasteiger partial charge >= 0.3 is 0 Å². The van der Waals surface area contributed by atoms with Crippen LogP contribution in [0.1, 0.15) is 12.8 Å². The Bertz CT molecular complexity index is 176. The normalized spacial score (nSPS) is 16.0. The first-order chi connectivity index (χ1) is 4.75. The Balaban J connectivity index is 2.33. The molecule has 0 aliphatic heterocycles. The molecule has 0 aromatic rings. The van der Waals surface area contributed by atoms with Crippen molar-refractivity contribution in [1.29, 1.82) is 0 Å². The largest absolute Gasteiger partial charge is 0.334 e. The molecule has 1 amide bonds. The van der Waals surface area contributed by atoms with E-state index in [0.29, 0.717) is 12.5 Å². The Morgan fingerprint density at radius 3 is 2.80 bits per heavy atom. The highest BCUT2D eigenvalue weighted by atomic mass is 16.2. The monoisotopic (exact) mass is 137 g/mol. The molecule has 0 N–H and O–H groups in total. The molecule has 1 saturated carbocycles. The lowest BCUT2D eigenvalue weighted by Crippen LogP contribution is -2.28. The number of hydrogen-bond acceptors (Lipinski definition) is 1. The van der Waals surface area contributed by atoms with Crippen LogP contribution in [0.25, 0.3) is 0 Å². The molecule has 1 rings (SSSR count). The van der Waals surface area contributed by atoms with Crippen molar-refractivity contribution in [2.75, 3.05) is 13.6 Å². The van der Waals surface area contributed by atoms with Gasteiger partial charge in [0.2, 0.25) is 5.91 Å². The van der Waals surface area contributed by atoms with Gasteiger partial charge < -0.3 is 4.90 Å². The molecule has 0 atom stereocenters. The highest BCUT2D eigenvalue weighted by Crippen LogP contribution is 2.30. The van der Waals surface area contributed by atoms with Gasteiger partial charge in [0.15, 0.2) is 0 Å². The topological polar surface area (TPSA) is 20.3 Å². The number of carbonyl (C=O) groups is 1. The average molecular weight is 137 g/mol. The van der Waals surface area contributed by atoms with Crippen molar-refractivity contribution in [3.63, 3.8) is 0 Å². The van der Waals surface area contributed by atoms with E-state index in [-0.39, 0.29) is 5.91 Å². The fraction of sp³-hybridized carbons (Fsp3) is 0.625. The van der Waals surface area contributed by atoms with Gasteiger partial charge in [-0.15, -0.1) is 6.42 Å². The number of amides is 1. The van der Waals surface area contributed by atoms with Crippen molar-refractivity contribution < 1.29 is 4.79 Å². The molecule has 1 aliphatic rings. The van der Waals surface area contributed by atoms with Gasteiger partial charge in [-0.3, -0.25) is 4.79 Å². The van der Waals surface area contributed by atoms with E-state index in [4.69, 9.17) is 6.42 Å². The van der Waals surface area contributed by atoms with Gasteiger partial charge in [-0.05, 0) is 12.8 Å². The smallest absolute Gasteiger partial charge is 0.226 e. The predicted octanol–water partition coefficient (Wildman–Crippen LogP) is 0.488. The van der Waals surface area contributed by atoms with Gasteiger partial charge in [0.1, 0.15) is 0 Å². The quantitative estimate of drug-likeness (QED) is 0.507. The lowest BCUT2D eigenvalue weighted by molar-refractivity contribution is -0.130. The van der Waals surface area contributed by atoms with E-state index in [1.165, 1.54) is 0 Å². The second-order valence-electron chi connectivity index (χ2n) is 2.67. The standard InChI is InChI=1S/C8H11NO/c1-3-6-9(2)8(10)7-4-5-7/h1,7H,4-6H2,2H3. The third-order valence-corrected chi connectivity index (χ3v) is 1.63. The van der Waals surface area contributed by atoms with Crippen molar-refractivity contribution in [1.82, 2.24) is 4.90 Å². The Hall–Kier alpha value is -0.970. The van der Waals surface area contributed by atoms with Gasteiger partial charge in [-0.2, -0.15) is 0 Å². The maximum absolute atomic E-state index is 11.1. The molecule has 54 valence electrons. The van der Waals surface area contributed by atoms with Gasteiger partial charge in [0, 0.05) is 13.0 Å². The molecule has 1 fully saturated rings. The molecular formula is C8H11NO. The lowest BCUT2D eigenvalue weighted by Gasteiger charge is -2.12. The van der Waals surface area contributed by atoms with Crippen LogP contribution in [0.2, 0.25) is 0 Å². The second kappa shape index (κ2) is 2.74. The number of rotatable bonds is 2. The summed E-state index contributed by atoms with van der Waals surface area (Å²) in [5.41, 5.74) is 0. The van der Waals surface area contributed by atoms with Crippen molar-refractivity contribution in [2.24, 2.45) is 5.92 Å². The van der Waals surface area contributed by atoms with E-state index in [1.54, 1.807) is 11.9 Å². The van der Waals surface area contributed by atoms with Crippen LogP contribution in [0, 0.1) is 18.3 Å². The Morgan fingerprint density at radius 2 is 2.40 bits per heavy atom. The Kier molecular flexibility index (Phi) is 1.96. The molecule has 2 nitrogen and oxygen atoms in total. The number of terminal acetylenes is 1. The zero-order valence-corrected chi connectivity index (χ0v) is 6.13. The molecule has 0 unspecified atom stereocenters. The first kappa shape index (κ1) is 7.14. The summed E-state index contributed by atoms with van der Waals surface area (Å²) in [5.74, 6) is 2.93. The maximum Gasteiger partial charge on any atom is 0.226 e. The fourth-order valence-electron chi connectivity index (χ4n) is 0.857. The summed E-state index contributed by atoms with van der Waals surface area (Å²) in [5, 5.41) is 0. The van der Waals surface area contributed by atoms with Crippen LogP contribution in [0.3, 0.4) is 0 Å². The lowest BCUT2D eigenvalue weighted by atomic mass is 10.3. The fourth-order valence-corrected chi connectivity index (χ4v) is 0.857. The zero-order valence-electron chi connectivity index (χ0n) is 6.13. The highest BCUT2D eigenvalue weighted by molar-refractivity contribution is 5.80. The molecule has 10 heavy (non-hydrogen) atoms. The first-order valence-electron chi connectivity index (χ1n) is 3.44. The third-order valence-electron chi connectivity index (χ3n) is 1.63. The second-order valence-corrected chi connectivity index (χ2v) is 2.67. The average Bonchev–Trinajstić information content (AvgIpc) is 2.68. The Labute approximate surface area is 61.2 Å². The molecule has 0 heterocycles. The Morgan fingerprint density at radius 1 is 1.80 bits per heavy atom. The van der Waals surface area contributed by atoms with Gasteiger partial charge in [-0.1, -0.05) is 5.92 Å². The summed E-state index contributed by atoms with van der Waals surface area (Å²) in [7, 11) is 1.75. The molecular weight excluding hydrogens is 126 g/mol. The molecule has 0 radical (unpaired) electrons. The summed E-state index contributed by atoms with van der Waals surface area (Å²) >= 11 is 0. The summed E-state index contributed by atoms with van der Waals surface area (Å²) in [6.07, 6.45) is 7.14. The molecule has 1 aliphatic carbocycles. The van der Waals surface area contributed by atoms with Crippen molar-refractivity contribution in [3.8, 4) is 12.3 Å². The minimum Gasteiger partial charge on any atom is -0.334 e. The van der Waals surface area contributed by atoms with E-state index in [1.807, 2.05) is 0 Å². The van der Waals surface area contributed by atoms with Crippen molar-refractivity contribution >= 4 is 5.91 Å². The number of hydrogen-bond donors (Lipinski definition) is 0. The third kappa shape index (κ3) is 1.51. The number of nitrogens with zero attached hydrogens (tertiary/aromatic N) is 1. The molecule has 0 bridgehead atoms.